The van der Waals surface area contributed by atoms with Gasteiger partial charge in [0.1, 0.15) is 22.9 Å². The summed E-state index contributed by atoms with van der Waals surface area (Å²) in [5, 5.41) is 2.08. The topological polar surface area (TPSA) is 72.9 Å². The maximum absolute atomic E-state index is 14.2. The molecule has 2 atom stereocenters. The summed E-state index contributed by atoms with van der Waals surface area (Å²) in [4.78, 5) is 43.0. The Bertz CT molecular complexity index is 1360. The van der Waals surface area contributed by atoms with Crippen molar-refractivity contribution in [2.24, 2.45) is 16.7 Å². The number of hydrogen-bond donors (Lipinski definition) is 0. The Morgan fingerprint density at radius 3 is 2.39 bits per heavy atom. The highest BCUT2D eigenvalue weighted by Gasteiger charge is 2.61. The van der Waals surface area contributed by atoms with E-state index in [2.05, 4.69) is 17.0 Å². The van der Waals surface area contributed by atoms with Crippen molar-refractivity contribution in [1.29, 1.82) is 0 Å². The van der Waals surface area contributed by atoms with Crippen molar-refractivity contribution in [3.05, 3.63) is 71.8 Å². The van der Waals surface area contributed by atoms with Gasteiger partial charge in [0.15, 0.2) is 5.78 Å². The first kappa shape index (κ1) is 24.0. The van der Waals surface area contributed by atoms with Gasteiger partial charge in [0.05, 0.1) is 14.2 Å². The first-order chi connectivity index (χ1) is 17.2. The number of ether oxygens (including phenoxy) is 2. The second-order valence-corrected chi connectivity index (χ2v) is 10.7. The average molecular weight is 486 g/mol. The fraction of sp³-hybridized carbons (Fsp3) is 0.367. The van der Waals surface area contributed by atoms with E-state index in [1.165, 1.54) is 7.11 Å². The zero-order chi connectivity index (χ0) is 25.7. The molecule has 1 fully saturated rings. The minimum absolute atomic E-state index is 0.101. The normalized spacial score (nSPS) is 23.0. The lowest BCUT2D eigenvalue weighted by Gasteiger charge is -2.49. The van der Waals surface area contributed by atoms with Gasteiger partial charge in [-0.3, -0.25) is 14.4 Å². The van der Waals surface area contributed by atoms with Crippen LogP contribution in [0, 0.1) is 16.7 Å². The number of fused-ring (bicyclic) bond motifs is 3. The molecule has 0 aromatic heterocycles. The van der Waals surface area contributed by atoms with Gasteiger partial charge in [-0.1, -0.05) is 56.3 Å². The molecule has 1 heterocycles. The fourth-order valence-corrected chi connectivity index (χ4v) is 6.02. The summed E-state index contributed by atoms with van der Waals surface area (Å²) in [5.41, 5.74) is 0.908. The van der Waals surface area contributed by atoms with Crippen molar-refractivity contribution in [2.75, 3.05) is 25.7 Å². The summed E-state index contributed by atoms with van der Waals surface area (Å²) >= 11 is 0. The van der Waals surface area contributed by atoms with E-state index in [4.69, 9.17) is 9.47 Å². The first-order valence-corrected chi connectivity index (χ1v) is 12.2. The Morgan fingerprint density at radius 2 is 1.69 bits per heavy atom. The third-order valence-electron chi connectivity index (χ3n) is 7.93. The summed E-state index contributed by atoms with van der Waals surface area (Å²) in [5.74, 6) is -1.22. The summed E-state index contributed by atoms with van der Waals surface area (Å²) in [6.45, 7) is 4.35. The second kappa shape index (κ2) is 8.77. The van der Waals surface area contributed by atoms with Crippen molar-refractivity contribution >= 4 is 34.0 Å². The zero-order valence-electron chi connectivity index (χ0n) is 21.2. The van der Waals surface area contributed by atoms with Crippen LogP contribution < -0.4 is 9.64 Å². The van der Waals surface area contributed by atoms with Crippen LogP contribution in [0.15, 0.2) is 60.7 Å². The molecule has 1 aliphatic heterocycles. The predicted octanol–water partition coefficient (Wildman–Crippen LogP) is 4.75. The highest BCUT2D eigenvalue weighted by molar-refractivity contribution is 6.18. The fourth-order valence-electron chi connectivity index (χ4n) is 6.02. The molecule has 0 radical (unpaired) electrons. The molecule has 186 valence electrons. The van der Waals surface area contributed by atoms with Crippen molar-refractivity contribution < 1.29 is 23.9 Å². The maximum atomic E-state index is 14.2. The van der Waals surface area contributed by atoms with Crippen LogP contribution in [0.2, 0.25) is 0 Å². The second-order valence-electron chi connectivity index (χ2n) is 10.7. The highest BCUT2D eigenvalue weighted by Crippen LogP contribution is 2.51. The van der Waals surface area contributed by atoms with E-state index in [0.717, 1.165) is 33.3 Å². The van der Waals surface area contributed by atoms with Crippen LogP contribution in [0.25, 0.3) is 10.8 Å². The minimum atomic E-state index is -1.31. The highest BCUT2D eigenvalue weighted by atomic mass is 16.5. The lowest BCUT2D eigenvalue weighted by Crippen LogP contribution is -2.62. The number of rotatable bonds is 4. The predicted molar refractivity (Wildman–Crippen MR) is 138 cm³/mol. The third-order valence-corrected chi connectivity index (χ3v) is 7.93. The number of nitrogens with zero attached hydrogens (tertiary/aromatic N) is 1. The van der Waals surface area contributed by atoms with Gasteiger partial charge in [0, 0.05) is 25.2 Å². The molecule has 0 bridgehead atoms. The quantitative estimate of drug-likeness (QED) is 0.392. The molecule has 36 heavy (non-hydrogen) atoms. The van der Waals surface area contributed by atoms with Gasteiger partial charge in [-0.25, -0.2) is 0 Å². The lowest BCUT2D eigenvalue weighted by atomic mass is 9.55. The largest absolute Gasteiger partial charge is 0.497 e. The van der Waals surface area contributed by atoms with E-state index in [9.17, 15) is 14.4 Å². The molecule has 3 aromatic rings. The molecule has 1 saturated carbocycles. The molecule has 6 nitrogen and oxygen atoms in total. The monoisotopic (exact) mass is 485 g/mol. The van der Waals surface area contributed by atoms with Gasteiger partial charge in [-0.2, -0.15) is 0 Å². The zero-order valence-corrected chi connectivity index (χ0v) is 21.2. The van der Waals surface area contributed by atoms with E-state index in [0.29, 0.717) is 6.54 Å². The van der Waals surface area contributed by atoms with Crippen molar-refractivity contribution in [2.45, 2.75) is 33.2 Å². The van der Waals surface area contributed by atoms with Gasteiger partial charge in [0.25, 0.3) is 0 Å². The smallest absolute Gasteiger partial charge is 0.316 e. The number of carbonyl (C=O) groups is 3. The number of anilines is 1. The van der Waals surface area contributed by atoms with Crippen molar-refractivity contribution in [3.8, 4) is 5.75 Å². The van der Waals surface area contributed by atoms with Crippen LogP contribution in [0.1, 0.15) is 31.4 Å². The van der Waals surface area contributed by atoms with Gasteiger partial charge in [-0.05, 0) is 51.9 Å². The summed E-state index contributed by atoms with van der Waals surface area (Å²) < 4.78 is 10.4. The average Bonchev–Trinajstić information content (AvgIpc) is 2.87. The Balaban J connectivity index is 1.66. The summed E-state index contributed by atoms with van der Waals surface area (Å²) in [6.07, 6.45) is 0.430. The van der Waals surface area contributed by atoms with E-state index < -0.39 is 22.7 Å². The van der Waals surface area contributed by atoms with Gasteiger partial charge < -0.3 is 14.4 Å². The number of carbonyl (C=O) groups excluding carboxylic acids is 3. The van der Waals surface area contributed by atoms with Gasteiger partial charge in [0.2, 0.25) is 0 Å². The molecule has 1 aliphatic carbocycles. The molecule has 1 spiro atoms. The SMILES string of the molecule is COC(=O)[C@H]1C(=O)[C@@]2(Cc3c(ccc4ccccc34)N(Cc3ccc(OC)cc3)C2)C(=O)CC1(C)C. The molecule has 0 N–H and O–H groups in total. The minimum Gasteiger partial charge on any atom is -0.497 e. The summed E-state index contributed by atoms with van der Waals surface area (Å²) in [6, 6.07) is 20.0. The maximum Gasteiger partial charge on any atom is 0.316 e. The molecule has 0 saturated heterocycles. The molecule has 0 amide bonds. The molecule has 5 rings (SSSR count). The molecular formula is C30H31NO5. The number of benzene rings is 3. The summed E-state index contributed by atoms with van der Waals surface area (Å²) in [7, 11) is 2.93. The Morgan fingerprint density at radius 1 is 0.972 bits per heavy atom. The number of hydrogen-bond acceptors (Lipinski definition) is 6. The lowest BCUT2D eigenvalue weighted by molar-refractivity contribution is -0.165. The molecule has 2 aliphatic rings. The van der Waals surface area contributed by atoms with Crippen molar-refractivity contribution in [1.82, 2.24) is 0 Å². The first-order valence-electron chi connectivity index (χ1n) is 12.2. The van der Waals surface area contributed by atoms with E-state index in [1.54, 1.807) is 21.0 Å². The van der Waals surface area contributed by atoms with Crippen LogP contribution in [-0.4, -0.2) is 38.3 Å². The number of ketones is 2. The van der Waals surface area contributed by atoms with Crippen LogP contribution in [-0.2, 0) is 32.1 Å². The van der Waals surface area contributed by atoms with Crippen LogP contribution in [0.5, 0.6) is 5.75 Å². The molecule has 6 heteroatoms. The molecular weight excluding hydrogens is 454 g/mol. The van der Waals surface area contributed by atoms with E-state index in [-0.39, 0.29) is 31.0 Å². The van der Waals surface area contributed by atoms with E-state index in [1.807, 2.05) is 48.5 Å². The van der Waals surface area contributed by atoms with Crippen LogP contribution in [0.3, 0.4) is 0 Å². The van der Waals surface area contributed by atoms with Gasteiger partial charge >= 0.3 is 5.97 Å². The Labute approximate surface area is 211 Å². The van der Waals surface area contributed by atoms with Gasteiger partial charge in [-0.15, -0.1) is 0 Å². The number of methoxy groups -OCH3 is 2. The van der Waals surface area contributed by atoms with Crippen LogP contribution in [0.4, 0.5) is 5.69 Å². The number of Topliss-reactive ketones (excluding diaryl/α,β-unsaturated/α-hetero) is 2. The number of esters is 1. The molecule has 0 unspecified atom stereocenters. The third kappa shape index (κ3) is 3.76. The molecule has 3 aromatic carbocycles. The van der Waals surface area contributed by atoms with Crippen molar-refractivity contribution in [3.63, 3.8) is 0 Å². The van der Waals surface area contributed by atoms with E-state index >= 15 is 0 Å². The standard InChI is InChI=1S/C30H31NO5/c1-29(2)16-25(32)30(27(33)26(29)28(34)36-4)15-23-22-8-6-5-7-20(22)11-14-24(23)31(18-30)17-19-9-12-21(35-3)13-10-19/h5-14,26H,15-18H2,1-4H3/t26-,30-/m1/s1. The van der Waals surface area contributed by atoms with Crippen LogP contribution >= 0.6 is 0 Å². The Kier molecular flexibility index (Phi) is 5.86. The Hall–Kier alpha value is -3.67.